The molecule has 0 radical (unpaired) electrons. The first-order chi connectivity index (χ1) is 9.60. The standard InChI is InChI=1S/C14H10Cl2N2OS/c1-7-10(15)4-3-9-12(7)17-14(18-13(9)16)11-5-8(19-2)6-20-11/h3-6H,1-2H3. The van der Waals surface area contributed by atoms with Crippen molar-refractivity contribution in [3.8, 4) is 16.5 Å². The monoisotopic (exact) mass is 324 g/mol. The van der Waals surface area contributed by atoms with Crippen LogP contribution in [0.5, 0.6) is 5.75 Å². The molecule has 0 saturated heterocycles. The van der Waals surface area contributed by atoms with Crippen LogP contribution in [0.1, 0.15) is 5.56 Å². The number of nitrogens with zero attached hydrogens (tertiary/aromatic N) is 2. The molecule has 20 heavy (non-hydrogen) atoms. The molecule has 0 fully saturated rings. The lowest BCUT2D eigenvalue weighted by Crippen LogP contribution is -1.93. The quantitative estimate of drug-likeness (QED) is 0.623. The molecular weight excluding hydrogens is 315 g/mol. The highest BCUT2D eigenvalue weighted by Gasteiger charge is 2.13. The van der Waals surface area contributed by atoms with Gasteiger partial charge in [-0.2, -0.15) is 0 Å². The molecule has 0 bridgehead atoms. The lowest BCUT2D eigenvalue weighted by molar-refractivity contribution is 0.417. The fourth-order valence-electron chi connectivity index (χ4n) is 1.92. The minimum absolute atomic E-state index is 0.428. The molecule has 102 valence electrons. The Morgan fingerprint density at radius 1 is 1.20 bits per heavy atom. The van der Waals surface area contributed by atoms with Crippen LogP contribution in [-0.4, -0.2) is 17.1 Å². The first-order valence-electron chi connectivity index (χ1n) is 5.85. The zero-order valence-corrected chi connectivity index (χ0v) is 13.1. The van der Waals surface area contributed by atoms with Crippen molar-refractivity contribution in [1.82, 2.24) is 9.97 Å². The Morgan fingerprint density at radius 2 is 2.00 bits per heavy atom. The van der Waals surface area contributed by atoms with Gasteiger partial charge in [0.05, 0.1) is 17.5 Å². The maximum atomic E-state index is 6.26. The first kappa shape index (κ1) is 13.6. The van der Waals surface area contributed by atoms with E-state index in [2.05, 4.69) is 9.97 Å². The second kappa shape index (κ2) is 5.20. The maximum Gasteiger partial charge on any atom is 0.171 e. The second-order valence-corrected chi connectivity index (χ2v) is 5.93. The number of rotatable bonds is 2. The zero-order chi connectivity index (χ0) is 14.3. The number of aromatic nitrogens is 2. The summed E-state index contributed by atoms with van der Waals surface area (Å²) in [4.78, 5) is 9.85. The number of benzene rings is 1. The summed E-state index contributed by atoms with van der Waals surface area (Å²) in [5, 5.41) is 3.81. The molecule has 0 atom stereocenters. The Balaban J connectivity index is 2.25. The van der Waals surface area contributed by atoms with Crippen LogP contribution in [0.4, 0.5) is 0 Å². The normalized spacial score (nSPS) is 11.0. The van der Waals surface area contributed by atoms with Gasteiger partial charge in [0.25, 0.3) is 0 Å². The average Bonchev–Trinajstić information content (AvgIpc) is 2.92. The van der Waals surface area contributed by atoms with Crippen LogP contribution in [0.3, 0.4) is 0 Å². The molecule has 2 aromatic heterocycles. The summed E-state index contributed by atoms with van der Waals surface area (Å²) in [7, 11) is 1.63. The summed E-state index contributed by atoms with van der Waals surface area (Å²) >= 11 is 13.9. The van der Waals surface area contributed by atoms with Crippen molar-refractivity contribution < 1.29 is 4.74 Å². The highest BCUT2D eigenvalue weighted by Crippen LogP contribution is 2.33. The number of methoxy groups -OCH3 is 1. The molecule has 6 heteroatoms. The second-order valence-electron chi connectivity index (χ2n) is 4.26. The molecule has 0 aliphatic carbocycles. The Morgan fingerprint density at radius 3 is 2.70 bits per heavy atom. The number of ether oxygens (including phenoxy) is 1. The van der Waals surface area contributed by atoms with Crippen molar-refractivity contribution in [2.45, 2.75) is 6.92 Å². The van der Waals surface area contributed by atoms with Crippen LogP contribution < -0.4 is 4.74 Å². The van der Waals surface area contributed by atoms with Gasteiger partial charge in [0, 0.05) is 21.9 Å². The van der Waals surface area contributed by atoms with E-state index in [9.17, 15) is 0 Å². The molecular formula is C14H10Cl2N2OS. The average molecular weight is 325 g/mol. The van der Waals surface area contributed by atoms with Gasteiger partial charge in [-0.25, -0.2) is 9.97 Å². The first-order valence-corrected chi connectivity index (χ1v) is 7.49. The fraction of sp³-hybridized carbons (Fsp3) is 0.143. The fourth-order valence-corrected chi connectivity index (χ4v) is 3.10. The number of thiophene rings is 1. The number of halogens is 2. The highest BCUT2D eigenvalue weighted by atomic mass is 35.5. The van der Waals surface area contributed by atoms with Gasteiger partial charge in [-0.15, -0.1) is 11.3 Å². The molecule has 0 spiro atoms. The Labute approximate surface area is 130 Å². The number of hydrogen-bond acceptors (Lipinski definition) is 4. The topological polar surface area (TPSA) is 35.0 Å². The molecule has 1 aromatic carbocycles. The van der Waals surface area contributed by atoms with Crippen molar-refractivity contribution in [1.29, 1.82) is 0 Å². The zero-order valence-electron chi connectivity index (χ0n) is 10.8. The molecule has 0 aliphatic rings. The van der Waals surface area contributed by atoms with E-state index in [1.807, 2.05) is 30.5 Å². The molecule has 3 rings (SSSR count). The van der Waals surface area contributed by atoms with Gasteiger partial charge in [-0.05, 0) is 24.6 Å². The summed E-state index contributed by atoms with van der Waals surface area (Å²) in [6.07, 6.45) is 0. The molecule has 3 nitrogen and oxygen atoms in total. The lowest BCUT2D eigenvalue weighted by Gasteiger charge is -2.06. The van der Waals surface area contributed by atoms with E-state index in [-0.39, 0.29) is 0 Å². The molecule has 0 N–H and O–H groups in total. The van der Waals surface area contributed by atoms with Crippen LogP contribution in [0.25, 0.3) is 21.6 Å². The summed E-state index contributed by atoms with van der Waals surface area (Å²) < 4.78 is 5.18. The predicted octanol–water partition coefficient (Wildman–Crippen LogP) is 4.98. The van der Waals surface area contributed by atoms with Crippen LogP contribution >= 0.6 is 34.5 Å². The van der Waals surface area contributed by atoms with Crippen molar-refractivity contribution in [3.63, 3.8) is 0 Å². The third kappa shape index (κ3) is 2.24. The maximum absolute atomic E-state index is 6.26. The van der Waals surface area contributed by atoms with Crippen molar-refractivity contribution >= 4 is 45.4 Å². The minimum atomic E-state index is 0.428. The van der Waals surface area contributed by atoms with E-state index in [1.54, 1.807) is 7.11 Å². The van der Waals surface area contributed by atoms with Gasteiger partial charge >= 0.3 is 0 Å². The Bertz CT molecular complexity index is 801. The van der Waals surface area contributed by atoms with E-state index in [0.717, 1.165) is 27.1 Å². The molecule has 2 heterocycles. The van der Waals surface area contributed by atoms with E-state index >= 15 is 0 Å². The van der Waals surface area contributed by atoms with Gasteiger partial charge in [0.2, 0.25) is 0 Å². The molecule has 0 amide bonds. The summed E-state index contributed by atoms with van der Waals surface area (Å²) in [6, 6.07) is 5.54. The van der Waals surface area contributed by atoms with Gasteiger partial charge in [0.1, 0.15) is 10.9 Å². The third-order valence-corrected chi connectivity index (χ3v) is 4.64. The molecule has 0 saturated carbocycles. The Hall–Kier alpha value is -1.36. The molecule has 0 unspecified atom stereocenters. The van der Waals surface area contributed by atoms with Gasteiger partial charge in [-0.1, -0.05) is 23.2 Å². The van der Waals surface area contributed by atoms with Crippen molar-refractivity contribution in [3.05, 3.63) is 39.3 Å². The van der Waals surface area contributed by atoms with Gasteiger partial charge in [-0.3, -0.25) is 0 Å². The minimum Gasteiger partial charge on any atom is -0.496 e. The number of fused-ring (bicyclic) bond motifs is 1. The van der Waals surface area contributed by atoms with Crippen molar-refractivity contribution in [2.24, 2.45) is 0 Å². The lowest BCUT2D eigenvalue weighted by atomic mass is 10.1. The van der Waals surface area contributed by atoms with Gasteiger partial charge < -0.3 is 4.74 Å². The summed E-state index contributed by atoms with van der Waals surface area (Å²) in [5.74, 6) is 1.37. The SMILES string of the molecule is COc1csc(-c2nc(Cl)c3ccc(Cl)c(C)c3n2)c1. The highest BCUT2D eigenvalue weighted by molar-refractivity contribution is 7.13. The van der Waals surface area contributed by atoms with Crippen LogP contribution in [-0.2, 0) is 0 Å². The molecule has 0 aliphatic heterocycles. The van der Waals surface area contributed by atoms with E-state index < -0.39 is 0 Å². The number of aryl methyl sites for hydroxylation is 1. The largest absolute Gasteiger partial charge is 0.496 e. The van der Waals surface area contributed by atoms with E-state index in [0.29, 0.717) is 16.0 Å². The predicted molar refractivity (Wildman–Crippen MR) is 84.2 cm³/mol. The van der Waals surface area contributed by atoms with Crippen LogP contribution in [0.2, 0.25) is 10.2 Å². The van der Waals surface area contributed by atoms with Crippen molar-refractivity contribution in [2.75, 3.05) is 7.11 Å². The van der Waals surface area contributed by atoms with E-state index in [1.165, 1.54) is 11.3 Å². The molecule has 3 aromatic rings. The number of hydrogen-bond donors (Lipinski definition) is 0. The third-order valence-electron chi connectivity index (χ3n) is 3.04. The van der Waals surface area contributed by atoms with Gasteiger partial charge in [0.15, 0.2) is 5.82 Å². The smallest absolute Gasteiger partial charge is 0.171 e. The van der Waals surface area contributed by atoms with E-state index in [4.69, 9.17) is 27.9 Å². The Kier molecular flexibility index (Phi) is 3.54. The van der Waals surface area contributed by atoms with Crippen LogP contribution in [0.15, 0.2) is 23.6 Å². The summed E-state index contributed by atoms with van der Waals surface area (Å²) in [6.45, 7) is 1.92. The summed E-state index contributed by atoms with van der Waals surface area (Å²) in [5.41, 5.74) is 1.68. The van der Waals surface area contributed by atoms with Crippen LogP contribution in [0, 0.1) is 6.92 Å².